The van der Waals surface area contributed by atoms with Gasteiger partial charge in [0.1, 0.15) is 5.82 Å². The molecule has 2 aromatic rings. The average molecular weight is 234 g/mol. The van der Waals surface area contributed by atoms with Gasteiger partial charge in [-0.2, -0.15) is 0 Å². The first-order valence-electron chi connectivity index (χ1n) is 5.91. The van der Waals surface area contributed by atoms with Gasteiger partial charge in [0, 0.05) is 28.6 Å². The predicted octanol–water partition coefficient (Wildman–Crippen LogP) is 3.51. The lowest BCUT2D eigenvalue weighted by molar-refractivity contribution is 0.711. The summed E-state index contributed by atoms with van der Waals surface area (Å²) in [5.41, 5.74) is 0. The Hall–Kier alpha value is -1.09. The molecule has 0 saturated carbocycles. The number of thiophene rings is 1. The van der Waals surface area contributed by atoms with Crippen molar-refractivity contribution in [2.45, 2.75) is 39.7 Å². The molecule has 0 spiro atoms. The van der Waals surface area contributed by atoms with Crippen molar-refractivity contribution < 1.29 is 0 Å². The second-order valence-electron chi connectivity index (χ2n) is 3.94. The van der Waals surface area contributed by atoms with Crippen LogP contribution >= 0.6 is 11.3 Å². The third-order valence-electron chi connectivity index (χ3n) is 2.67. The number of rotatable bonds is 5. The van der Waals surface area contributed by atoms with Crippen LogP contribution in [-0.4, -0.2) is 9.55 Å². The molecule has 0 bridgehead atoms. The van der Waals surface area contributed by atoms with Crippen molar-refractivity contribution >= 4 is 11.3 Å². The Kier molecular flexibility index (Phi) is 3.78. The highest BCUT2D eigenvalue weighted by Crippen LogP contribution is 2.18. The SMILES string of the molecule is CCCc1nccn1Cc1ccc(CC)s1. The lowest BCUT2D eigenvalue weighted by atomic mass is 10.3. The Morgan fingerprint density at radius 1 is 1.25 bits per heavy atom. The minimum Gasteiger partial charge on any atom is -0.330 e. The zero-order chi connectivity index (χ0) is 11.4. The smallest absolute Gasteiger partial charge is 0.108 e. The largest absolute Gasteiger partial charge is 0.330 e. The van der Waals surface area contributed by atoms with Crippen molar-refractivity contribution in [2.24, 2.45) is 0 Å². The molecule has 2 heterocycles. The van der Waals surface area contributed by atoms with E-state index in [-0.39, 0.29) is 0 Å². The fourth-order valence-electron chi connectivity index (χ4n) is 1.80. The van der Waals surface area contributed by atoms with Gasteiger partial charge in [-0.25, -0.2) is 4.98 Å². The number of nitrogens with zero attached hydrogens (tertiary/aromatic N) is 2. The zero-order valence-corrected chi connectivity index (χ0v) is 10.8. The van der Waals surface area contributed by atoms with Crippen molar-refractivity contribution in [3.05, 3.63) is 40.1 Å². The standard InChI is InChI=1S/C13H18N2S/c1-3-5-13-14-8-9-15(13)10-12-7-6-11(4-2)16-12/h6-9H,3-5,10H2,1-2H3. The van der Waals surface area contributed by atoms with Crippen LogP contribution in [0.3, 0.4) is 0 Å². The second kappa shape index (κ2) is 5.30. The molecule has 0 unspecified atom stereocenters. The van der Waals surface area contributed by atoms with E-state index in [0.717, 1.165) is 25.8 Å². The summed E-state index contributed by atoms with van der Waals surface area (Å²) >= 11 is 1.91. The predicted molar refractivity (Wildman–Crippen MR) is 69.0 cm³/mol. The molecule has 0 fully saturated rings. The molecular weight excluding hydrogens is 216 g/mol. The van der Waals surface area contributed by atoms with Crippen LogP contribution in [0.1, 0.15) is 35.8 Å². The molecule has 16 heavy (non-hydrogen) atoms. The fourth-order valence-corrected chi connectivity index (χ4v) is 2.76. The van der Waals surface area contributed by atoms with E-state index in [1.165, 1.54) is 15.6 Å². The molecule has 2 aromatic heterocycles. The molecule has 0 N–H and O–H groups in total. The summed E-state index contributed by atoms with van der Waals surface area (Å²) in [6, 6.07) is 4.47. The summed E-state index contributed by atoms with van der Waals surface area (Å²) in [6.07, 6.45) is 7.34. The molecule has 0 aliphatic carbocycles. The lowest BCUT2D eigenvalue weighted by Gasteiger charge is -2.04. The van der Waals surface area contributed by atoms with Gasteiger partial charge >= 0.3 is 0 Å². The van der Waals surface area contributed by atoms with E-state index >= 15 is 0 Å². The van der Waals surface area contributed by atoms with Gasteiger partial charge in [-0.1, -0.05) is 13.8 Å². The molecule has 0 aliphatic rings. The summed E-state index contributed by atoms with van der Waals surface area (Å²) < 4.78 is 2.26. The van der Waals surface area contributed by atoms with Crippen LogP contribution in [0.5, 0.6) is 0 Å². The minimum atomic E-state index is 0.972. The molecule has 0 amide bonds. The van der Waals surface area contributed by atoms with Crippen LogP contribution in [0.15, 0.2) is 24.5 Å². The van der Waals surface area contributed by atoms with Gasteiger partial charge in [0.25, 0.3) is 0 Å². The molecule has 0 atom stereocenters. The summed E-state index contributed by atoms with van der Waals surface area (Å²) in [7, 11) is 0. The highest BCUT2D eigenvalue weighted by atomic mass is 32.1. The van der Waals surface area contributed by atoms with Crippen LogP contribution in [0, 0.1) is 0 Å². The summed E-state index contributed by atoms with van der Waals surface area (Å²) in [5.74, 6) is 1.20. The van der Waals surface area contributed by atoms with Crippen molar-refractivity contribution in [3.8, 4) is 0 Å². The van der Waals surface area contributed by atoms with Gasteiger partial charge < -0.3 is 4.57 Å². The topological polar surface area (TPSA) is 17.8 Å². The summed E-state index contributed by atoms with van der Waals surface area (Å²) in [4.78, 5) is 7.28. The Balaban J connectivity index is 2.10. The maximum absolute atomic E-state index is 4.40. The molecule has 86 valence electrons. The van der Waals surface area contributed by atoms with Gasteiger partial charge in [0.15, 0.2) is 0 Å². The van der Waals surface area contributed by atoms with Crippen LogP contribution in [0.2, 0.25) is 0 Å². The molecule has 2 nitrogen and oxygen atoms in total. The number of aryl methyl sites for hydroxylation is 2. The number of hydrogen-bond donors (Lipinski definition) is 0. The third kappa shape index (κ3) is 2.53. The Labute approximate surface area is 101 Å². The first kappa shape index (κ1) is 11.4. The molecule has 0 saturated heterocycles. The Morgan fingerprint density at radius 3 is 2.75 bits per heavy atom. The lowest BCUT2D eigenvalue weighted by Crippen LogP contribution is -2.02. The van der Waals surface area contributed by atoms with Crippen molar-refractivity contribution in [2.75, 3.05) is 0 Å². The fraction of sp³-hybridized carbons (Fsp3) is 0.462. The van der Waals surface area contributed by atoms with E-state index < -0.39 is 0 Å². The van der Waals surface area contributed by atoms with E-state index in [9.17, 15) is 0 Å². The number of imidazole rings is 1. The monoisotopic (exact) mass is 234 g/mol. The molecule has 3 heteroatoms. The van der Waals surface area contributed by atoms with Gasteiger partial charge in [-0.3, -0.25) is 0 Å². The second-order valence-corrected chi connectivity index (χ2v) is 5.20. The van der Waals surface area contributed by atoms with Crippen LogP contribution < -0.4 is 0 Å². The minimum absolute atomic E-state index is 0.972. The maximum atomic E-state index is 4.40. The van der Waals surface area contributed by atoms with E-state index in [4.69, 9.17) is 0 Å². The summed E-state index contributed by atoms with van der Waals surface area (Å²) in [6.45, 7) is 5.37. The number of aromatic nitrogens is 2. The third-order valence-corrected chi connectivity index (χ3v) is 3.88. The van der Waals surface area contributed by atoms with Gasteiger partial charge in [0.2, 0.25) is 0 Å². The van der Waals surface area contributed by atoms with Crippen molar-refractivity contribution in [3.63, 3.8) is 0 Å². The van der Waals surface area contributed by atoms with Crippen molar-refractivity contribution in [1.29, 1.82) is 0 Å². The normalized spacial score (nSPS) is 10.9. The first-order chi connectivity index (χ1) is 7.83. The van der Waals surface area contributed by atoms with Crippen LogP contribution in [0.25, 0.3) is 0 Å². The van der Waals surface area contributed by atoms with Crippen LogP contribution in [-0.2, 0) is 19.4 Å². The Morgan fingerprint density at radius 2 is 2.06 bits per heavy atom. The highest BCUT2D eigenvalue weighted by Gasteiger charge is 2.04. The highest BCUT2D eigenvalue weighted by molar-refractivity contribution is 7.11. The van der Waals surface area contributed by atoms with E-state index in [0.29, 0.717) is 0 Å². The Bertz CT molecular complexity index is 442. The van der Waals surface area contributed by atoms with E-state index in [1.807, 2.05) is 17.5 Å². The van der Waals surface area contributed by atoms with Gasteiger partial charge in [-0.15, -0.1) is 11.3 Å². The van der Waals surface area contributed by atoms with Crippen molar-refractivity contribution in [1.82, 2.24) is 9.55 Å². The quantitative estimate of drug-likeness (QED) is 0.774. The molecular formula is C13H18N2S. The first-order valence-corrected chi connectivity index (χ1v) is 6.72. The van der Waals surface area contributed by atoms with Gasteiger partial charge in [0.05, 0.1) is 6.54 Å². The van der Waals surface area contributed by atoms with Crippen LogP contribution in [0.4, 0.5) is 0 Å². The molecule has 0 radical (unpaired) electrons. The maximum Gasteiger partial charge on any atom is 0.108 e. The van der Waals surface area contributed by atoms with E-state index in [2.05, 4.69) is 41.7 Å². The van der Waals surface area contributed by atoms with E-state index in [1.54, 1.807) is 0 Å². The molecule has 0 aromatic carbocycles. The number of hydrogen-bond acceptors (Lipinski definition) is 2. The zero-order valence-electron chi connectivity index (χ0n) is 9.94. The molecule has 0 aliphatic heterocycles. The molecule has 2 rings (SSSR count). The summed E-state index contributed by atoms with van der Waals surface area (Å²) in [5, 5.41) is 0. The van der Waals surface area contributed by atoms with Gasteiger partial charge in [-0.05, 0) is 25.0 Å². The average Bonchev–Trinajstić information content (AvgIpc) is 2.90.